The van der Waals surface area contributed by atoms with Crippen molar-refractivity contribution in [3.63, 3.8) is 0 Å². The van der Waals surface area contributed by atoms with Gasteiger partial charge in [-0.25, -0.2) is 4.98 Å². The average Bonchev–Trinajstić information content (AvgIpc) is 2.38. The molecule has 0 aliphatic carbocycles. The van der Waals surface area contributed by atoms with Gasteiger partial charge in [0.1, 0.15) is 12.3 Å². The summed E-state index contributed by atoms with van der Waals surface area (Å²) in [5, 5.41) is 9.29. The first-order valence-electron chi connectivity index (χ1n) is 5.11. The number of aliphatic hydroxyl groups is 1. The summed E-state index contributed by atoms with van der Waals surface area (Å²) < 4.78 is 0. The van der Waals surface area contributed by atoms with Crippen molar-refractivity contribution < 1.29 is 5.11 Å². The van der Waals surface area contributed by atoms with E-state index in [9.17, 15) is 0 Å². The molecule has 1 N–H and O–H groups in total. The topological polar surface area (TPSA) is 33.1 Å². The van der Waals surface area contributed by atoms with E-state index in [1.165, 1.54) is 0 Å². The van der Waals surface area contributed by atoms with Gasteiger partial charge in [0.2, 0.25) is 0 Å². The van der Waals surface area contributed by atoms with Crippen molar-refractivity contribution in [1.29, 1.82) is 0 Å². The molecule has 0 bridgehead atoms. The molecule has 0 amide bonds. The van der Waals surface area contributed by atoms with Crippen LogP contribution in [0.3, 0.4) is 0 Å². The van der Waals surface area contributed by atoms with Gasteiger partial charge in [0.25, 0.3) is 0 Å². The quantitative estimate of drug-likeness (QED) is 0.782. The van der Waals surface area contributed by atoms with Gasteiger partial charge in [0.05, 0.1) is 0 Å². The molecule has 0 saturated heterocycles. The molecule has 2 nitrogen and oxygen atoms in total. The highest BCUT2D eigenvalue weighted by molar-refractivity contribution is 6.30. The Labute approximate surface area is 105 Å². The molecule has 3 heteroatoms. The first-order chi connectivity index (χ1) is 8.29. The first-order valence-corrected chi connectivity index (χ1v) is 5.49. The SMILES string of the molecule is OCC#Cc1ccc(-c2ccc(Cl)cc2)cn1. The molecule has 2 aromatic rings. The number of halogens is 1. The van der Waals surface area contributed by atoms with E-state index in [0.29, 0.717) is 10.7 Å². The van der Waals surface area contributed by atoms with Crippen LogP contribution in [0.15, 0.2) is 42.6 Å². The summed E-state index contributed by atoms with van der Waals surface area (Å²) in [7, 11) is 0. The van der Waals surface area contributed by atoms with Crippen molar-refractivity contribution >= 4 is 11.6 Å². The van der Waals surface area contributed by atoms with Gasteiger partial charge >= 0.3 is 0 Å². The second-order valence-electron chi connectivity index (χ2n) is 3.40. The Morgan fingerprint density at radius 1 is 1.06 bits per heavy atom. The number of hydrogen-bond donors (Lipinski definition) is 1. The Morgan fingerprint density at radius 3 is 2.35 bits per heavy atom. The van der Waals surface area contributed by atoms with Crippen LogP contribution in [0.25, 0.3) is 11.1 Å². The summed E-state index contributed by atoms with van der Waals surface area (Å²) in [6.45, 7) is -0.152. The van der Waals surface area contributed by atoms with Crippen LogP contribution in [0.1, 0.15) is 5.69 Å². The van der Waals surface area contributed by atoms with E-state index in [1.807, 2.05) is 36.4 Å². The maximum atomic E-state index is 8.57. The zero-order valence-corrected chi connectivity index (χ0v) is 9.78. The predicted octanol–water partition coefficient (Wildman–Crippen LogP) is 2.75. The van der Waals surface area contributed by atoms with E-state index in [-0.39, 0.29) is 6.61 Å². The van der Waals surface area contributed by atoms with Crippen molar-refractivity contribution in [1.82, 2.24) is 4.98 Å². The summed E-state index contributed by atoms with van der Waals surface area (Å²) in [6, 6.07) is 11.3. The molecule has 84 valence electrons. The van der Waals surface area contributed by atoms with Crippen molar-refractivity contribution in [2.45, 2.75) is 0 Å². The highest BCUT2D eigenvalue weighted by atomic mass is 35.5. The lowest BCUT2D eigenvalue weighted by atomic mass is 10.1. The Kier molecular flexibility index (Phi) is 3.77. The minimum absolute atomic E-state index is 0.152. The lowest BCUT2D eigenvalue weighted by Gasteiger charge is -2.01. The number of pyridine rings is 1. The summed E-state index contributed by atoms with van der Waals surface area (Å²) in [6.07, 6.45) is 1.75. The number of hydrogen-bond acceptors (Lipinski definition) is 2. The van der Waals surface area contributed by atoms with Crippen LogP contribution in [0.2, 0.25) is 5.02 Å². The molecule has 0 aliphatic heterocycles. The van der Waals surface area contributed by atoms with Gasteiger partial charge in [-0.05, 0) is 29.7 Å². The molecule has 0 spiro atoms. The largest absolute Gasteiger partial charge is 0.384 e. The van der Waals surface area contributed by atoms with Crippen LogP contribution < -0.4 is 0 Å². The van der Waals surface area contributed by atoms with Gasteiger partial charge in [0, 0.05) is 16.8 Å². The molecule has 0 aliphatic rings. The second-order valence-corrected chi connectivity index (χ2v) is 3.84. The van der Waals surface area contributed by atoms with Crippen LogP contribution in [0.4, 0.5) is 0 Å². The Morgan fingerprint density at radius 2 is 1.76 bits per heavy atom. The maximum absolute atomic E-state index is 8.57. The molecule has 1 heterocycles. The van der Waals surface area contributed by atoms with Gasteiger partial charge in [-0.15, -0.1) is 0 Å². The zero-order valence-electron chi connectivity index (χ0n) is 9.02. The summed E-state index contributed by atoms with van der Waals surface area (Å²) in [4.78, 5) is 4.20. The highest BCUT2D eigenvalue weighted by Crippen LogP contribution is 2.20. The number of aromatic nitrogens is 1. The first kappa shape index (κ1) is 11.7. The van der Waals surface area contributed by atoms with E-state index in [1.54, 1.807) is 6.20 Å². The lowest BCUT2D eigenvalue weighted by Crippen LogP contribution is -1.84. The molecule has 0 atom stereocenters. The fourth-order valence-electron chi connectivity index (χ4n) is 1.41. The van der Waals surface area contributed by atoms with Crippen LogP contribution in [0, 0.1) is 11.8 Å². The minimum Gasteiger partial charge on any atom is -0.384 e. The highest BCUT2D eigenvalue weighted by Gasteiger charge is 1.97. The van der Waals surface area contributed by atoms with Gasteiger partial charge in [-0.1, -0.05) is 35.7 Å². The molecule has 0 radical (unpaired) electrons. The zero-order chi connectivity index (χ0) is 12.1. The molecule has 0 fully saturated rings. The third-order valence-corrected chi connectivity index (χ3v) is 2.49. The number of aliphatic hydroxyl groups excluding tert-OH is 1. The van der Waals surface area contributed by atoms with Gasteiger partial charge in [0.15, 0.2) is 0 Å². The molecule has 1 aromatic heterocycles. The number of benzene rings is 1. The fourth-order valence-corrected chi connectivity index (χ4v) is 1.54. The Hall–Kier alpha value is -1.82. The van der Waals surface area contributed by atoms with Crippen molar-refractivity contribution in [2.24, 2.45) is 0 Å². The molecular weight excluding hydrogens is 234 g/mol. The molecular formula is C14H10ClNO. The Balaban J connectivity index is 2.26. The smallest absolute Gasteiger partial charge is 0.113 e. The fraction of sp³-hybridized carbons (Fsp3) is 0.0714. The summed E-state index contributed by atoms with van der Waals surface area (Å²) in [5.41, 5.74) is 2.72. The van der Waals surface area contributed by atoms with Crippen molar-refractivity contribution in [2.75, 3.05) is 6.61 Å². The standard InChI is InChI=1S/C14H10ClNO/c15-13-6-3-11(4-7-13)12-5-8-14(16-10-12)2-1-9-17/h3-8,10,17H,9H2. The van der Waals surface area contributed by atoms with Gasteiger partial charge < -0.3 is 5.11 Å². The third kappa shape index (κ3) is 3.07. The van der Waals surface area contributed by atoms with Crippen LogP contribution >= 0.6 is 11.6 Å². The molecule has 0 unspecified atom stereocenters. The predicted molar refractivity (Wildman–Crippen MR) is 68.6 cm³/mol. The maximum Gasteiger partial charge on any atom is 0.113 e. The van der Waals surface area contributed by atoms with Crippen LogP contribution in [-0.4, -0.2) is 16.7 Å². The van der Waals surface area contributed by atoms with Crippen LogP contribution in [0.5, 0.6) is 0 Å². The summed E-state index contributed by atoms with van der Waals surface area (Å²) in [5.74, 6) is 5.31. The third-order valence-electron chi connectivity index (χ3n) is 2.24. The Bertz CT molecular complexity index is 550. The normalized spacial score (nSPS) is 9.53. The van der Waals surface area contributed by atoms with Crippen LogP contribution in [-0.2, 0) is 0 Å². The van der Waals surface area contributed by atoms with E-state index in [0.717, 1.165) is 11.1 Å². The molecule has 1 aromatic carbocycles. The summed E-state index contributed by atoms with van der Waals surface area (Å²) >= 11 is 5.82. The van der Waals surface area contributed by atoms with E-state index < -0.39 is 0 Å². The van der Waals surface area contributed by atoms with E-state index >= 15 is 0 Å². The van der Waals surface area contributed by atoms with Gasteiger partial charge in [-0.3, -0.25) is 0 Å². The monoisotopic (exact) mass is 243 g/mol. The van der Waals surface area contributed by atoms with Gasteiger partial charge in [-0.2, -0.15) is 0 Å². The van der Waals surface area contributed by atoms with Crippen molar-refractivity contribution in [3.05, 3.63) is 53.3 Å². The van der Waals surface area contributed by atoms with E-state index in [4.69, 9.17) is 16.7 Å². The average molecular weight is 244 g/mol. The lowest BCUT2D eigenvalue weighted by molar-refractivity contribution is 0.350. The van der Waals surface area contributed by atoms with E-state index in [2.05, 4.69) is 16.8 Å². The number of rotatable bonds is 1. The molecule has 0 saturated carbocycles. The second kappa shape index (κ2) is 5.49. The molecule has 17 heavy (non-hydrogen) atoms. The molecule has 2 rings (SSSR count). The van der Waals surface area contributed by atoms with Crippen molar-refractivity contribution in [3.8, 4) is 23.0 Å². The number of nitrogens with zero attached hydrogens (tertiary/aromatic N) is 1. The minimum atomic E-state index is -0.152.